The van der Waals surface area contributed by atoms with Crippen molar-refractivity contribution in [2.75, 3.05) is 20.6 Å². The zero-order chi connectivity index (χ0) is 13.7. The molecule has 1 heterocycles. The lowest BCUT2D eigenvalue weighted by Gasteiger charge is -2.15. The number of nitrogens with one attached hydrogen (secondary N) is 1. The monoisotopic (exact) mass is 254 g/mol. The molecule has 6 nitrogen and oxygen atoms in total. The third-order valence-electron chi connectivity index (χ3n) is 2.67. The van der Waals surface area contributed by atoms with Crippen molar-refractivity contribution in [1.82, 2.24) is 10.2 Å². The van der Waals surface area contributed by atoms with Gasteiger partial charge in [-0.2, -0.15) is 0 Å². The largest absolute Gasteiger partial charge is 0.475 e. The number of amides is 1. The Labute approximate surface area is 106 Å². The average molecular weight is 254 g/mol. The first kappa shape index (κ1) is 14.2. The number of hydrogen-bond donors (Lipinski definition) is 2. The van der Waals surface area contributed by atoms with Gasteiger partial charge in [0.25, 0.3) is 0 Å². The zero-order valence-electron chi connectivity index (χ0n) is 10.8. The summed E-state index contributed by atoms with van der Waals surface area (Å²) in [6.45, 7) is 2.89. The second-order valence-electron chi connectivity index (χ2n) is 4.16. The van der Waals surface area contributed by atoms with Gasteiger partial charge in [-0.3, -0.25) is 4.79 Å². The minimum absolute atomic E-state index is 0.0167. The predicted octanol–water partition coefficient (Wildman–Crippen LogP) is 0.854. The van der Waals surface area contributed by atoms with E-state index in [-0.39, 0.29) is 11.7 Å². The Morgan fingerprint density at radius 2 is 2.17 bits per heavy atom. The normalized spacial score (nSPS) is 10.7. The minimum Gasteiger partial charge on any atom is -0.475 e. The van der Waals surface area contributed by atoms with Crippen molar-refractivity contribution < 1.29 is 19.1 Å². The van der Waals surface area contributed by atoms with E-state index in [2.05, 4.69) is 5.32 Å². The maximum absolute atomic E-state index is 11.1. The summed E-state index contributed by atoms with van der Waals surface area (Å²) in [5.41, 5.74) is 0.826. The summed E-state index contributed by atoms with van der Waals surface area (Å²) in [5, 5.41) is 11.4. The van der Waals surface area contributed by atoms with E-state index in [0.29, 0.717) is 25.3 Å². The van der Waals surface area contributed by atoms with Crippen LogP contribution in [0.4, 0.5) is 0 Å². The quantitative estimate of drug-likeness (QED) is 0.786. The van der Waals surface area contributed by atoms with Gasteiger partial charge in [0.1, 0.15) is 5.76 Å². The molecule has 2 N–H and O–H groups in total. The number of hydrogen-bond acceptors (Lipinski definition) is 4. The summed E-state index contributed by atoms with van der Waals surface area (Å²) in [6.07, 6.45) is 0.412. The van der Waals surface area contributed by atoms with Gasteiger partial charge in [0, 0.05) is 32.1 Å². The van der Waals surface area contributed by atoms with Gasteiger partial charge >= 0.3 is 5.97 Å². The van der Waals surface area contributed by atoms with Gasteiger partial charge < -0.3 is 19.7 Å². The number of carbonyl (C=O) groups is 2. The Bertz CT molecular complexity index is 439. The molecular weight excluding hydrogens is 236 g/mol. The number of aryl methyl sites for hydroxylation is 1. The Morgan fingerprint density at radius 3 is 2.67 bits per heavy atom. The molecular formula is C12H18N2O4. The molecule has 0 aliphatic rings. The van der Waals surface area contributed by atoms with Crippen LogP contribution in [-0.2, 0) is 11.3 Å². The van der Waals surface area contributed by atoms with E-state index in [4.69, 9.17) is 9.52 Å². The molecule has 0 atom stereocenters. The number of nitrogens with zero attached hydrogens (tertiary/aromatic N) is 1. The van der Waals surface area contributed by atoms with Crippen LogP contribution in [0.3, 0.4) is 0 Å². The molecule has 1 amide bonds. The number of aromatic carboxylic acids is 1. The highest BCUT2D eigenvalue weighted by Gasteiger charge is 2.14. The third kappa shape index (κ3) is 3.89. The molecule has 0 aliphatic carbocycles. The van der Waals surface area contributed by atoms with Crippen LogP contribution < -0.4 is 5.32 Å². The molecule has 0 bridgehead atoms. The van der Waals surface area contributed by atoms with E-state index in [0.717, 1.165) is 5.56 Å². The van der Waals surface area contributed by atoms with Gasteiger partial charge in [0.05, 0.1) is 0 Å². The van der Waals surface area contributed by atoms with Crippen molar-refractivity contribution in [2.45, 2.75) is 19.9 Å². The molecule has 0 saturated heterocycles. The van der Waals surface area contributed by atoms with Gasteiger partial charge in [-0.1, -0.05) is 0 Å². The van der Waals surface area contributed by atoms with Crippen LogP contribution in [-0.4, -0.2) is 42.5 Å². The zero-order valence-corrected chi connectivity index (χ0v) is 10.8. The lowest BCUT2D eigenvalue weighted by Crippen LogP contribution is -2.26. The summed E-state index contributed by atoms with van der Waals surface area (Å²) in [6, 6.07) is 1.52. The Hall–Kier alpha value is -1.82. The molecule has 0 radical (unpaired) electrons. The Morgan fingerprint density at radius 1 is 1.50 bits per heavy atom. The van der Waals surface area contributed by atoms with Crippen molar-refractivity contribution in [3.63, 3.8) is 0 Å². The van der Waals surface area contributed by atoms with Gasteiger partial charge in [0.15, 0.2) is 0 Å². The van der Waals surface area contributed by atoms with Crippen molar-refractivity contribution in [3.05, 3.63) is 23.2 Å². The lowest BCUT2D eigenvalue weighted by atomic mass is 10.2. The number of furan rings is 1. The van der Waals surface area contributed by atoms with Crippen LogP contribution in [0.5, 0.6) is 0 Å². The predicted molar refractivity (Wildman–Crippen MR) is 65.4 cm³/mol. The summed E-state index contributed by atoms with van der Waals surface area (Å²) in [5.74, 6) is -0.546. The third-order valence-corrected chi connectivity index (χ3v) is 2.67. The Balaban J connectivity index is 2.56. The van der Waals surface area contributed by atoms with Crippen molar-refractivity contribution in [3.8, 4) is 0 Å². The van der Waals surface area contributed by atoms with Gasteiger partial charge in [-0.05, 0) is 20.0 Å². The van der Waals surface area contributed by atoms with Crippen LogP contribution in [0.1, 0.15) is 28.3 Å². The molecule has 0 aliphatic heterocycles. The minimum atomic E-state index is -1.07. The second-order valence-corrected chi connectivity index (χ2v) is 4.16. The van der Waals surface area contributed by atoms with Crippen molar-refractivity contribution >= 4 is 11.9 Å². The summed E-state index contributed by atoms with van der Waals surface area (Å²) < 4.78 is 5.12. The molecule has 1 rings (SSSR count). The summed E-state index contributed by atoms with van der Waals surface area (Å²) >= 11 is 0. The van der Waals surface area contributed by atoms with E-state index in [9.17, 15) is 9.59 Å². The molecule has 18 heavy (non-hydrogen) atoms. The lowest BCUT2D eigenvalue weighted by molar-refractivity contribution is -0.120. The van der Waals surface area contributed by atoms with Crippen molar-refractivity contribution in [2.24, 2.45) is 0 Å². The smallest absolute Gasteiger partial charge is 0.371 e. The Kier molecular flexibility index (Phi) is 4.91. The van der Waals surface area contributed by atoms with Crippen molar-refractivity contribution in [1.29, 1.82) is 0 Å². The molecule has 0 unspecified atom stereocenters. The van der Waals surface area contributed by atoms with Crippen LogP contribution in [0, 0.1) is 6.92 Å². The first-order valence-corrected chi connectivity index (χ1v) is 5.65. The number of rotatable bonds is 6. The van der Waals surface area contributed by atoms with Crippen LogP contribution in [0.2, 0.25) is 0 Å². The van der Waals surface area contributed by atoms with Crippen LogP contribution in [0.25, 0.3) is 0 Å². The standard InChI is InChI=1S/C12H18N2O4/c1-8-9(6-10(18-8)12(16)17)7-14(3)5-4-11(15)13-2/h6H,4-5,7H2,1-3H3,(H,13,15)(H,16,17). The fraction of sp³-hybridized carbons (Fsp3) is 0.500. The molecule has 1 aromatic heterocycles. The first-order chi connectivity index (χ1) is 8.43. The average Bonchev–Trinajstić information content (AvgIpc) is 2.68. The number of carboxylic acids is 1. The van der Waals surface area contributed by atoms with Gasteiger partial charge in [0.2, 0.25) is 11.7 Å². The molecule has 0 spiro atoms. The highest BCUT2D eigenvalue weighted by atomic mass is 16.4. The molecule has 0 aromatic carbocycles. The van der Waals surface area contributed by atoms with E-state index in [1.54, 1.807) is 14.0 Å². The second kappa shape index (κ2) is 6.20. The van der Waals surface area contributed by atoms with Crippen LogP contribution >= 0.6 is 0 Å². The van der Waals surface area contributed by atoms with E-state index in [1.807, 2.05) is 11.9 Å². The molecule has 0 saturated carbocycles. The molecule has 100 valence electrons. The molecule has 0 fully saturated rings. The van der Waals surface area contributed by atoms with Crippen LogP contribution in [0.15, 0.2) is 10.5 Å². The highest BCUT2D eigenvalue weighted by molar-refractivity contribution is 5.84. The fourth-order valence-corrected chi connectivity index (χ4v) is 1.57. The van der Waals surface area contributed by atoms with E-state index in [1.165, 1.54) is 6.07 Å². The number of carbonyl (C=O) groups excluding carboxylic acids is 1. The first-order valence-electron chi connectivity index (χ1n) is 5.65. The summed E-state index contributed by atoms with van der Waals surface area (Å²) in [4.78, 5) is 23.8. The fourth-order valence-electron chi connectivity index (χ4n) is 1.57. The van der Waals surface area contributed by atoms with Gasteiger partial charge in [-0.15, -0.1) is 0 Å². The SMILES string of the molecule is CNC(=O)CCN(C)Cc1cc(C(=O)O)oc1C. The molecule has 1 aromatic rings. The maximum atomic E-state index is 11.1. The number of carboxylic acid groups (broad SMARTS) is 1. The molecule has 6 heteroatoms. The highest BCUT2D eigenvalue weighted by Crippen LogP contribution is 2.16. The van der Waals surface area contributed by atoms with E-state index >= 15 is 0 Å². The topological polar surface area (TPSA) is 82.8 Å². The maximum Gasteiger partial charge on any atom is 0.371 e. The van der Waals surface area contributed by atoms with E-state index < -0.39 is 5.97 Å². The summed E-state index contributed by atoms with van der Waals surface area (Å²) in [7, 11) is 3.47. The van der Waals surface area contributed by atoms with Gasteiger partial charge in [-0.25, -0.2) is 4.79 Å².